The molecule has 0 amide bonds. The van der Waals surface area contributed by atoms with Gasteiger partial charge in [-0.3, -0.25) is 9.79 Å². The maximum Gasteiger partial charge on any atom is 0.308 e. The molecule has 0 bridgehead atoms. The van der Waals surface area contributed by atoms with E-state index in [4.69, 9.17) is 9.73 Å². The lowest BCUT2D eigenvalue weighted by Crippen LogP contribution is -2.46. The SMILES string of the molecule is CCCN(CCC)CCCN=C(NCC)N1CCC(C(=O)OC)CC1.I. The van der Waals surface area contributed by atoms with E-state index in [0.717, 1.165) is 57.9 Å². The standard InChI is InChI=1S/C19H38N4O2.HI/c1-5-12-22(13-6-2)14-8-11-21-19(20-7-3)23-15-9-17(10-16-23)18(24)25-4;/h17H,5-16H2,1-4H3,(H,20,21);1H. The van der Waals surface area contributed by atoms with Gasteiger partial charge in [0.1, 0.15) is 0 Å². The highest BCUT2D eigenvalue weighted by Crippen LogP contribution is 2.18. The molecule has 154 valence electrons. The molecule has 1 N–H and O–H groups in total. The summed E-state index contributed by atoms with van der Waals surface area (Å²) in [7, 11) is 1.47. The maximum atomic E-state index is 11.7. The summed E-state index contributed by atoms with van der Waals surface area (Å²) in [5.41, 5.74) is 0. The zero-order valence-electron chi connectivity index (χ0n) is 17.1. The minimum absolute atomic E-state index is 0. The normalized spacial score (nSPS) is 15.7. The van der Waals surface area contributed by atoms with Gasteiger partial charge >= 0.3 is 5.97 Å². The fraction of sp³-hybridized carbons (Fsp3) is 0.895. The Morgan fingerprint density at radius 1 is 1.15 bits per heavy atom. The highest BCUT2D eigenvalue weighted by Gasteiger charge is 2.26. The number of nitrogens with zero attached hydrogens (tertiary/aromatic N) is 3. The molecule has 0 radical (unpaired) electrons. The van der Waals surface area contributed by atoms with Crippen molar-refractivity contribution in [3.63, 3.8) is 0 Å². The van der Waals surface area contributed by atoms with E-state index in [0.29, 0.717) is 0 Å². The number of carbonyl (C=O) groups excluding carboxylic acids is 1. The van der Waals surface area contributed by atoms with Crippen LogP contribution in [0.5, 0.6) is 0 Å². The van der Waals surface area contributed by atoms with E-state index >= 15 is 0 Å². The van der Waals surface area contributed by atoms with Crippen molar-refractivity contribution < 1.29 is 9.53 Å². The molecule has 0 aromatic carbocycles. The highest BCUT2D eigenvalue weighted by atomic mass is 127. The van der Waals surface area contributed by atoms with Crippen LogP contribution >= 0.6 is 24.0 Å². The first-order valence-corrected chi connectivity index (χ1v) is 9.99. The van der Waals surface area contributed by atoms with Gasteiger partial charge in [0, 0.05) is 26.2 Å². The van der Waals surface area contributed by atoms with Crippen molar-refractivity contribution >= 4 is 35.9 Å². The van der Waals surface area contributed by atoms with E-state index in [-0.39, 0.29) is 35.9 Å². The van der Waals surface area contributed by atoms with E-state index in [2.05, 4.69) is 35.9 Å². The van der Waals surface area contributed by atoms with Gasteiger partial charge in [-0.15, -0.1) is 24.0 Å². The van der Waals surface area contributed by atoms with Crippen molar-refractivity contribution in [2.45, 2.75) is 52.9 Å². The number of ether oxygens (including phenoxy) is 1. The van der Waals surface area contributed by atoms with Crippen LogP contribution in [-0.4, -0.2) is 74.7 Å². The Hall–Kier alpha value is -0.570. The van der Waals surface area contributed by atoms with Gasteiger partial charge in [0.25, 0.3) is 0 Å². The first-order chi connectivity index (χ1) is 12.2. The summed E-state index contributed by atoms with van der Waals surface area (Å²) in [5.74, 6) is 0.956. The maximum absolute atomic E-state index is 11.7. The van der Waals surface area contributed by atoms with Gasteiger partial charge in [-0.2, -0.15) is 0 Å². The number of guanidine groups is 1. The van der Waals surface area contributed by atoms with Crippen LogP contribution in [0.2, 0.25) is 0 Å². The largest absolute Gasteiger partial charge is 0.469 e. The van der Waals surface area contributed by atoms with Crippen molar-refractivity contribution in [3.8, 4) is 0 Å². The van der Waals surface area contributed by atoms with Crippen LogP contribution in [0.1, 0.15) is 52.9 Å². The van der Waals surface area contributed by atoms with Crippen LogP contribution in [-0.2, 0) is 9.53 Å². The van der Waals surface area contributed by atoms with Crippen LogP contribution in [0.15, 0.2) is 4.99 Å². The van der Waals surface area contributed by atoms with Crippen molar-refractivity contribution in [2.24, 2.45) is 10.9 Å². The molecule has 0 atom stereocenters. The number of hydrogen-bond donors (Lipinski definition) is 1. The van der Waals surface area contributed by atoms with Crippen molar-refractivity contribution in [3.05, 3.63) is 0 Å². The third kappa shape index (κ3) is 9.39. The highest BCUT2D eigenvalue weighted by molar-refractivity contribution is 14.0. The van der Waals surface area contributed by atoms with Gasteiger partial charge in [-0.25, -0.2) is 0 Å². The molecule has 6 nitrogen and oxygen atoms in total. The molecular weight excluding hydrogens is 443 g/mol. The van der Waals surface area contributed by atoms with Crippen LogP contribution < -0.4 is 5.32 Å². The second kappa shape index (κ2) is 15.5. The number of methoxy groups -OCH3 is 1. The smallest absolute Gasteiger partial charge is 0.308 e. The lowest BCUT2D eigenvalue weighted by molar-refractivity contribution is -0.146. The molecule has 1 heterocycles. The first-order valence-electron chi connectivity index (χ1n) is 9.99. The molecule has 0 unspecified atom stereocenters. The summed E-state index contributed by atoms with van der Waals surface area (Å²) in [5, 5.41) is 3.39. The fourth-order valence-electron chi connectivity index (χ4n) is 3.37. The van der Waals surface area contributed by atoms with Crippen LogP contribution in [0.4, 0.5) is 0 Å². The number of aliphatic imine (C=N–C) groups is 1. The quantitative estimate of drug-likeness (QED) is 0.171. The van der Waals surface area contributed by atoms with E-state index < -0.39 is 0 Å². The minimum Gasteiger partial charge on any atom is -0.469 e. The molecule has 0 spiro atoms. The topological polar surface area (TPSA) is 57.2 Å². The molecule has 26 heavy (non-hydrogen) atoms. The number of rotatable bonds is 10. The van der Waals surface area contributed by atoms with Crippen molar-refractivity contribution in [1.29, 1.82) is 0 Å². The Morgan fingerprint density at radius 2 is 1.77 bits per heavy atom. The zero-order valence-corrected chi connectivity index (χ0v) is 19.5. The second-order valence-corrected chi connectivity index (χ2v) is 6.72. The molecule has 0 saturated carbocycles. The predicted molar refractivity (Wildman–Crippen MR) is 119 cm³/mol. The molecule has 0 aliphatic carbocycles. The number of halogens is 1. The minimum atomic E-state index is -0.0754. The van der Waals surface area contributed by atoms with Crippen LogP contribution in [0.3, 0.4) is 0 Å². The van der Waals surface area contributed by atoms with Crippen molar-refractivity contribution in [2.75, 3.05) is 52.9 Å². The monoisotopic (exact) mass is 482 g/mol. The number of nitrogens with one attached hydrogen (secondary N) is 1. The van der Waals surface area contributed by atoms with Crippen LogP contribution in [0, 0.1) is 5.92 Å². The molecule has 1 aliphatic heterocycles. The van der Waals surface area contributed by atoms with E-state index in [9.17, 15) is 4.79 Å². The zero-order chi connectivity index (χ0) is 18.5. The summed E-state index contributed by atoms with van der Waals surface area (Å²) in [6.07, 6.45) is 5.20. The molecule has 1 aliphatic rings. The third-order valence-corrected chi connectivity index (χ3v) is 4.64. The molecule has 1 fully saturated rings. The van der Waals surface area contributed by atoms with E-state index in [1.807, 2.05) is 0 Å². The van der Waals surface area contributed by atoms with E-state index in [1.165, 1.54) is 33.0 Å². The summed E-state index contributed by atoms with van der Waals surface area (Å²) in [6, 6.07) is 0. The third-order valence-electron chi connectivity index (χ3n) is 4.64. The molecule has 7 heteroatoms. The average Bonchev–Trinajstić information content (AvgIpc) is 2.64. The van der Waals surface area contributed by atoms with Crippen LogP contribution in [0.25, 0.3) is 0 Å². The number of hydrogen-bond acceptors (Lipinski definition) is 4. The number of carbonyl (C=O) groups is 1. The van der Waals surface area contributed by atoms with Gasteiger partial charge in [-0.05, 0) is 58.7 Å². The van der Waals surface area contributed by atoms with E-state index in [1.54, 1.807) is 0 Å². The van der Waals surface area contributed by atoms with Gasteiger partial charge < -0.3 is 19.9 Å². The lowest BCUT2D eigenvalue weighted by Gasteiger charge is -2.33. The molecule has 0 aromatic rings. The summed E-state index contributed by atoms with van der Waals surface area (Å²) in [6.45, 7) is 13.5. The summed E-state index contributed by atoms with van der Waals surface area (Å²) < 4.78 is 4.87. The Bertz CT molecular complexity index is 393. The van der Waals surface area contributed by atoms with Gasteiger partial charge in [0.05, 0.1) is 13.0 Å². The fourth-order valence-corrected chi connectivity index (χ4v) is 3.37. The second-order valence-electron chi connectivity index (χ2n) is 6.72. The average molecular weight is 482 g/mol. The van der Waals surface area contributed by atoms with Crippen molar-refractivity contribution in [1.82, 2.24) is 15.1 Å². The predicted octanol–water partition coefficient (Wildman–Crippen LogP) is 2.97. The number of likely N-dealkylation sites (tertiary alicyclic amines) is 1. The Balaban J connectivity index is 0.00000625. The molecule has 1 rings (SSSR count). The molecular formula is C19H39IN4O2. The molecule has 0 aromatic heterocycles. The molecule has 1 saturated heterocycles. The van der Waals surface area contributed by atoms with Gasteiger partial charge in [-0.1, -0.05) is 13.8 Å². The summed E-state index contributed by atoms with van der Waals surface area (Å²) >= 11 is 0. The summed E-state index contributed by atoms with van der Waals surface area (Å²) in [4.78, 5) is 21.3. The number of piperidine rings is 1. The number of esters is 1. The van der Waals surface area contributed by atoms with Gasteiger partial charge in [0.2, 0.25) is 0 Å². The first kappa shape index (κ1) is 25.4. The Morgan fingerprint density at radius 3 is 2.27 bits per heavy atom. The Labute approximate surface area is 177 Å². The lowest BCUT2D eigenvalue weighted by atomic mass is 9.97. The van der Waals surface area contributed by atoms with Gasteiger partial charge in [0.15, 0.2) is 5.96 Å². The Kier molecular flexibility index (Phi) is 15.1.